The van der Waals surface area contributed by atoms with Gasteiger partial charge in [-0.15, -0.1) is 0 Å². The molecule has 3 aromatic rings. The normalized spacial score (nSPS) is 15.2. The van der Waals surface area contributed by atoms with E-state index in [9.17, 15) is 20.2 Å². The van der Waals surface area contributed by atoms with Crippen molar-refractivity contribution in [2.24, 2.45) is 5.10 Å². The fraction of sp³-hybridized carbons (Fsp3) is 0.240. The largest absolute Gasteiger partial charge is 0.454 e. The molecule has 2 aliphatic rings. The molecule has 190 valence electrons. The van der Waals surface area contributed by atoms with Gasteiger partial charge in [0.25, 0.3) is 11.4 Å². The number of ether oxygens (including phenoxy) is 2. The molecule has 0 aromatic heterocycles. The number of nitro benzene ring substituents is 2. The van der Waals surface area contributed by atoms with Crippen LogP contribution in [0, 0.1) is 20.2 Å². The summed E-state index contributed by atoms with van der Waals surface area (Å²) in [5.41, 5.74) is 5.94. The summed E-state index contributed by atoms with van der Waals surface area (Å²) in [6, 6.07) is 16.6. The first-order valence-electron chi connectivity index (χ1n) is 11.6. The number of nitrogens with one attached hydrogen (secondary N) is 1. The maximum Gasteiger partial charge on any atom is 0.270 e. The van der Waals surface area contributed by atoms with Crippen molar-refractivity contribution in [1.29, 1.82) is 0 Å². The Bertz CT molecular complexity index is 1340. The molecule has 3 aromatic carbocycles. The first kappa shape index (κ1) is 24.0. The number of hydrogen-bond donors (Lipinski definition) is 1. The Kier molecular flexibility index (Phi) is 6.81. The van der Waals surface area contributed by atoms with Crippen LogP contribution in [0.5, 0.6) is 11.5 Å². The molecule has 0 radical (unpaired) electrons. The van der Waals surface area contributed by atoms with Gasteiger partial charge in [0.05, 0.1) is 21.7 Å². The maximum absolute atomic E-state index is 11.4. The van der Waals surface area contributed by atoms with Gasteiger partial charge >= 0.3 is 0 Å². The highest BCUT2D eigenvalue weighted by Gasteiger charge is 2.22. The Labute approximate surface area is 212 Å². The zero-order valence-electron chi connectivity index (χ0n) is 19.8. The third kappa shape index (κ3) is 5.59. The minimum absolute atomic E-state index is 0.0202. The predicted molar refractivity (Wildman–Crippen MR) is 137 cm³/mol. The minimum Gasteiger partial charge on any atom is -0.454 e. The molecule has 2 heterocycles. The topological polar surface area (TPSA) is 136 Å². The van der Waals surface area contributed by atoms with Gasteiger partial charge in [0, 0.05) is 68.2 Å². The second-order valence-electron chi connectivity index (χ2n) is 8.63. The van der Waals surface area contributed by atoms with Crippen molar-refractivity contribution in [2.45, 2.75) is 6.54 Å². The van der Waals surface area contributed by atoms with Crippen molar-refractivity contribution in [3.63, 3.8) is 0 Å². The van der Waals surface area contributed by atoms with Crippen molar-refractivity contribution in [3.05, 3.63) is 92.0 Å². The molecule has 2 aliphatic heterocycles. The molecule has 0 aliphatic carbocycles. The van der Waals surface area contributed by atoms with Gasteiger partial charge in [-0.1, -0.05) is 6.07 Å². The molecule has 1 fully saturated rings. The minimum atomic E-state index is -0.475. The molecule has 37 heavy (non-hydrogen) atoms. The highest BCUT2D eigenvalue weighted by Crippen LogP contribution is 2.33. The van der Waals surface area contributed by atoms with Crippen LogP contribution in [0.25, 0.3) is 0 Å². The van der Waals surface area contributed by atoms with Gasteiger partial charge < -0.3 is 14.4 Å². The Hall–Kier alpha value is -4.71. The van der Waals surface area contributed by atoms with E-state index in [4.69, 9.17) is 9.47 Å². The van der Waals surface area contributed by atoms with E-state index in [1.165, 1.54) is 30.5 Å². The van der Waals surface area contributed by atoms with Gasteiger partial charge in [0.1, 0.15) is 0 Å². The summed E-state index contributed by atoms with van der Waals surface area (Å²) in [7, 11) is 0. The maximum atomic E-state index is 11.4. The highest BCUT2D eigenvalue weighted by molar-refractivity contribution is 5.89. The standard InChI is InChI=1S/C25H24N6O6/c32-30(33)21-4-2-20(3-5-21)27-26-15-19-14-22(31(34)35)6-7-23(19)29-11-9-28(10-12-29)16-18-1-8-24-25(13-18)37-17-36-24/h1-8,13-15,27H,9-12,16-17H2/b26-15-. The van der Waals surface area contributed by atoms with Crippen LogP contribution in [0.2, 0.25) is 0 Å². The molecule has 0 saturated carbocycles. The van der Waals surface area contributed by atoms with E-state index in [0.717, 1.165) is 55.5 Å². The molecule has 5 rings (SSSR count). The van der Waals surface area contributed by atoms with E-state index in [0.29, 0.717) is 11.3 Å². The third-order valence-electron chi connectivity index (χ3n) is 6.25. The van der Waals surface area contributed by atoms with Crippen molar-refractivity contribution in [2.75, 3.05) is 43.3 Å². The number of nitrogens with zero attached hydrogens (tertiary/aromatic N) is 5. The first-order chi connectivity index (χ1) is 18.0. The number of hydrazone groups is 1. The van der Waals surface area contributed by atoms with Crippen molar-refractivity contribution >= 4 is 29.0 Å². The van der Waals surface area contributed by atoms with Crippen LogP contribution in [0.15, 0.2) is 65.8 Å². The smallest absolute Gasteiger partial charge is 0.270 e. The Morgan fingerprint density at radius 1 is 0.865 bits per heavy atom. The van der Waals surface area contributed by atoms with Crippen LogP contribution in [-0.2, 0) is 6.54 Å². The number of fused-ring (bicyclic) bond motifs is 1. The van der Waals surface area contributed by atoms with E-state index in [-0.39, 0.29) is 18.2 Å². The van der Waals surface area contributed by atoms with Gasteiger partial charge in [0.15, 0.2) is 11.5 Å². The molecule has 0 amide bonds. The molecular formula is C25H24N6O6. The summed E-state index contributed by atoms with van der Waals surface area (Å²) in [6.45, 7) is 4.18. The Morgan fingerprint density at radius 3 is 2.30 bits per heavy atom. The molecule has 1 saturated heterocycles. The van der Waals surface area contributed by atoms with Crippen molar-refractivity contribution < 1.29 is 19.3 Å². The van der Waals surface area contributed by atoms with Crippen LogP contribution in [0.1, 0.15) is 11.1 Å². The molecular weight excluding hydrogens is 480 g/mol. The fourth-order valence-electron chi connectivity index (χ4n) is 4.33. The zero-order chi connectivity index (χ0) is 25.8. The van der Waals surface area contributed by atoms with Crippen LogP contribution in [0.3, 0.4) is 0 Å². The highest BCUT2D eigenvalue weighted by atomic mass is 16.7. The van der Waals surface area contributed by atoms with Crippen LogP contribution >= 0.6 is 0 Å². The SMILES string of the molecule is O=[N+]([O-])c1ccc(N/N=C\c2cc([N+](=O)[O-])ccc2N2CCN(Cc3ccc4c(c3)OCO4)CC2)cc1. The molecule has 1 N–H and O–H groups in total. The molecule has 0 atom stereocenters. The average molecular weight is 505 g/mol. The van der Waals surface area contributed by atoms with Crippen LogP contribution in [0.4, 0.5) is 22.7 Å². The Balaban J connectivity index is 1.25. The number of nitro groups is 2. The number of non-ortho nitro benzene ring substituents is 2. The molecule has 12 heteroatoms. The van der Waals surface area contributed by atoms with Gasteiger partial charge in [-0.05, 0) is 35.9 Å². The molecule has 12 nitrogen and oxygen atoms in total. The number of hydrogen-bond acceptors (Lipinski definition) is 10. The number of rotatable bonds is 8. The lowest BCUT2D eigenvalue weighted by Gasteiger charge is -2.36. The summed E-state index contributed by atoms with van der Waals surface area (Å²) < 4.78 is 10.9. The molecule has 0 unspecified atom stereocenters. The Morgan fingerprint density at radius 2 is 1.57 bits per heavy atom. The van der Waals surface area contributed by atoms with E-state index in [1.54, 1.807) is 18.2 Å². The van der Waals surface area contributed by atoms with Crippen LogP contribution < -0.4 is 19.8 Å². The van der Waals surface area contributed by atoms with Crippen LogP contribution in [-0.4, -0.2) is 53.9 Å². The zero-order valence-corrected chi connectivity index (χ0v) is 19.8. The number of anilines is 2. The summed E-state index contributed by atoms with van der Waals surface area (Å²) >= 11 is 0. The monoisotopic (exact) mass is 504 g/mol. The van der Waals surface area contributed by atoms with Crippen molar-refractivity contribution in [1.82, 2.24) is 4.90 Å². The lowest BCUT2D eigenvalue weighted by Crippen LogP contribution is -2.46. The summed E-state index contributed by atoms with van der Waals surface area (Å²) in [4.78, 5) is 25.8. The quantitative estimate of drug-likeness (QED) is 0.274. The summed E-state index contributed by atoms with van der Waals surface area (Å²) in [5.74, 6) is 1.54. The molecule has 0 bridgehead atoms. The fourth-order valence-corrected chi connectivity index (χ4v) is 4.33. The second-order valence-corrected chi connectivity index (χ2v) is 8.63. The van der Waals surface area contributed by atoms with Gasteiger partial charge in [-0.25, -0.2) is 0 Å². The second kappa shape index (κ2) is 10.5. The lowest BCUT2D eigenvalue weighted by atomic mass is 10.1. The lowest BCUT2D eigenvalue weighted by molar-refractivity contribution is -0.385. The summed E-state index contributed by atoms with van der Waals surface area (Å²) in [6.07, 6.45) is 1.53. The predicted octanol–water partition coefficient (Wildman–Crippen LogP) is 4.00. The summed E-state index contributed by atoms with van der Waals surface area (Å²) in [5, 5.41) is 26.4. The number of piperazine rings is 1. The number of benzene rings is 3. The molecule has 0 spiro atoms. The van der Waals surface area contributed by atoms with E-state index < -0.39 is 9.85 Å². The van der Waals surface area contributed by atoms with Gasteiger partial charge in [-0.2, -0.15) is 5.10 Å². The van der Waals surface area contributed by atoms with Gasteiger partial charge in [-0.3, -0.25) is 30.6 Å². The van der Waals surface area contributed by atoms with E-state index >= 15 is 0 Å². The van der Waals surface area contributed by atoms with Crippen molar-refractivity contribution in [3.8, 4) is 11.5 Å². The van der Waals surface area contributed by atoms with Gasteiger partial charge in [0.2, 0.25) is 6.79 Å². The van der Waals surface area contributed by atoms with E-state index in [1.807, 2.05) is 18.2 Å². The third-order valence-corrected chi connectivity index (χ3v) is 6.25. The first-order valence-corrected chi connectivity index (χ1v) is 11.6. The average Bonchev–Trinajstić information content (AvgIpc) is 3.37. The van der Waals surface area contributed by atoms with E-state index in [2.05, 4.69) is 20.3 Å².